The number of aliphatic imine (C=N–C) groups is 1. The molecule has 0 saturated heterocycles. The average molecular weight is 331 g/mol. The molecular weight excluding hydrogens is 310 g/mol. The van der Waals surface area contributed by atoms with Gasteiger partial charge >= 0.3 is 0 Å². The van der Waals surface area contributed by atoms with E-state index >= 15 is 0 Å². The molecule has 0 spiro atoms. The standard InChI is InChI=1S/C17H21N3O2S/c1-3-19-15(21)14(16(22)20(4-2)17(19)23)12-18-11-10-13-8-6-5-7-9-13/h5-9,12,21H,3-4,10-11H2,1-2H3. The zero-order valence-electron chi connectivity index (χ0n) is 13.4. The molecule has 1 N–H and O–H groups in total. The van der Waals surface area contributed by atoms with Crippen molar-refractivity contribution in [2.45, 2.75) is 33.4 Å². The van der Waals surface area contributed by atoms with E-state index in [2.05, 4.69) is 4.99 Å². The van der Waals surface area contributed by atoms with Gasteiger partial charge in [-0.1, -0.05) is 30.3 Å². The molecule has 1 aromatic heterocycles. The molecule has 6 heteroatoms. The van der Waals surface area contributed by atoms with E-state index in [9.17, 15) is 9.90 Å². The van der Waals surface area contributed by atoms with Gasteiger partial charge in [-0.3, -0.25) is 18.9 Å². The summed E-state index contributed by atoms with van der Waals surface area (Å²) in [5, 5.41) is 10.3. The minimum absolute atomic E-state index is 0.115. The molecule has 1 aromatic carbocycles. The van der Waals surface area contributed by atoms with Gasteiger partial charge in [-0.05, 0) is 38.0 Å². The van der Waals surface area contributed by atoms with E-state index in [0.717, 1.165) is 6.42 Å². The van der Waals surface area contributed by atoms with Crippen LogP contribution < -0.4 is 5.56 Å². The number of aromatic nitrogens is 2. The molecule has 0 aliphatic heterocycles. The van der Waals surface area contributed by atoms with E-state index in [1.807, 2.05) is 44.2 Å². The molecule has 122 valence electrons. The first kappa shape index (κ1) is 17.1. The van der Waals surface area contributed by atoms with Crippen molar-refractivity contribution >= 4 is 18.4 Å². The third-order valence-electron chi connectivity index (χ3n) is 3.66. The van der Waals surface area contributed by atoms with E-state index in [-0.39, 0.29) is 17.0 Å². The van der Waals surface area contributed by atoms with E-state index in [0.29, 0.717) is 24.4 Å². The second-order valence-electron chi connectivity index (χ2n) is 5.08. The number of hydrogen-bond acceptors (Lipinski definition) is 4. The number of hydrogen-bond donors (Lipinski definition) is 1. The highest BCUT2D eigenvalue weighted by molar-refractivity contribution is 7.71. The van der Waals surface area contributed by atoms with Crippen molar-refractivity contribution in [2.24, 2.45) is 4.99 Å². The van der Waals surface area contributed by atoms with Crippen LogP contribution >= 0.6 is 12.2 Å². The van der Waals surface area contributed by atoms with Crippen LogP contribution in [0.4, 0.5) is 0 Å². The van der Waals surface area contributed by atoms with Gasteiger partial charge in [-0.15, -0.1) is 0 Å². The number of aromatic hydroxyl groups is 1. The lowest BCUT2D eigenvalue weighted by atomic mass is 10.1. The Morgan fingerprint density at radius 1 is 1.17 bits per heavy atom. The van der Waals surface area contributed by atoms with Crippen LogP contribution in [0.25, 0.3) is 0 Å². The first-order valence-corrected chi connectivity index (χ1v) is 8.11. The summed E-state index contributed by atoms with van der Waals surface area (Å²) in [6, 6.07) is 10.0. The molecule has 23 heavy (non-hydrogen) atoms. The van der Waals surface area contributed by atoms with Gasteiger partial charge in [0.15, 0.2) is 4.77 Å². The lowest BCUT2D eigenvalue weighted by Crippen LogP contribution is -2.28. The van der Waals surface area contributed by atoms with Crippen LogP contribution in [-0.4, -0.2) is 27.0 Å². The molecule has 5 nitrogen and oxygen atoms in total. The maximum Gasteiger partial charge on any atom is 0.267 e. The van der Waals surface area contributed by atoms with E-state index in [1.54, 1.807) is 4.57 Å². The Balaban J connectivity index is 2.27. The molecule has 0 unspecified atom stereocenters. The van der Waals surface area contributed by atoms with Gasteiger partial charge in [0.2, 0.25) is 5.88 Å². The van der Waals surface area contributed by atoms with Gasteiger partial charge < -0.3 is 5.11 Å². The van der Waals surface area contributed by atoms with Crippen molar-refractivity contribution in [1.82, 2.24) is 9.13 Å². The Bertz CT molecular complexity index is 807. The van der Waals surface area contributed by atoms with Crippen LogP contribution in [0.5, 0.6) is 5.88 Å². The van der Waals surface area contributed by atoms with Gasteiger partial charge in [-0.25, -0.2) is 0 Å². The predicted octanol–water partition coefficient (Wildman–Crippen LogP) is 2.79. The highest BCUT2D eigenvalue weighted by Gasteiger charge is 2.13. The van der Waals surface area contributed by atoms with Crippen molar-refractivity contribution in [2.75, 3.05) is 6.54 Å². The maximum atomic E-state index is 12.4. The summed E-state index contributed by atoms with van der Waals surface area (Å²) in [5.74, 6) is -0.115. The predicted molar refractivity (Wildman–Crippen MR) is 95.1 cm³/mol. The van der Waals surface area contributed by atoms with Crippen LogP contribution in [0.15, 0.2) is 40.1 Å². The third-order valence-corrected chi connectivity index (χ3v) is 4.10. The Morgan fingerprint density at radius 3 is 2.43 bits per heavy atom. The molecular formula is C17H21N3O2S. The Labute approximate surface area is 140 Å². The van der Waals surface area contributed by atoms with Crippen molar-refractivity contribution in [3.05, 3.63) is 56.6 Å². The molecule has 0 bridgehead atoms. The van der Waals surface area contributed by atoms with Crippen LogP contribution in [0, 0.1) is 4.77 Å². The fourth-order valence-electron chi connectivity index (χ4n) is 2.38. The second kappa shape index (κ2) is 7.87. The minimum atomic E-state index is -0.303. The number of benzene rings is 1. The lowest BCUT2D eigenvalue weighted by Gasteiger charge is -2.13. The van der Waals surface area contributed by atoms with Crippen molar-refractivity contribution < 1.29 is 5.11 Å². The Kier molecular flexibility index (Phi) is 5.87. The molecule has 0 fully saturated rings. The SMILES string of the molecule is CCn1c(O)c(C=NCCc2ccccc2)c(=O)n(CC)c1=S. The summed E-state index contributed by atoms with van der Waals surface area (Å²) in [6.45, 7) is 5.23. The molecule has 0 aliphatic rings. The number of rotatable bonds is 6. The Morgan fingerprint density at radius 2 is 1.83 bits per heavy atom. The minimum Gasteiger partial charge on any atom is -0.494 e. The fourth-order valence-corrected chi connectivity index (χ4v) is 2.81. The Hall–Kier alpha value is -2.21. The van der Waals surface area contributed by atoms with Crippen molar-refractivity contribution in [3.63, 3.8) is 0 Å². The first-order valence-electron chi connectivity index (χ1n) is 7.70. The van der Waals surface area contributed by atoms with Crippen LogP contribution in [0.1, 0.15) is 25.0 Å². The molecule has 2 rings (SSSR count). The largest absolute Gasteiger partial charge is 0.494 e. The molecule has 0 saturated carbocycles. The molecule has 0 atom stereocenters. The molecule has 2 aromatic rings. The highest BCUT2D eigenvalue weighted by atomic mass is 32.1. The first-order chi connectivity index (χ1) is 11.1. The number of nitrogens with zero attached hydrogens (tertiary/aromatic N) is 3. The highest BCUT2D eigenvalue weighted by Crippen LogP contribution is 2.12. The zero-order valence-corrected chi connectivity index (χ0v) is 14.2. The van der Waals surface area contributed by atoms with Gasteiger partial charge in [0, 0.05) is 25.8 Å². The van der Waals surface area contributed by atoms with Crippen molar-refractivity contribution in [1.29, 1.82) is 0 Å². The summed E-state index contributed by atoms with van der Waals surface area (Å²) < 4.78 is 3.34. The van der Waals surface area contributed by atoms with Crippen LogP contribution in [0.2, 0.25) is 0 Å². The third kappa shape index (κ3) is 3.76. The summed E-state index contributed by atoms with van der Waals surface area (Å²) in [6.07, 6.45) is 2.24. The van der Waals surface area contributed by atoms with Crippen LogP contribution in [-0.2, 0) is 19.5 Å². The molecule has 0 radical (unpaired) electrons. The summed E-state index contributed by atoms with van der Waals surface area (Å²) in [5.41, 5.74) is 1.07. The van der Waals surface area contributed by atoms with Gasteiger partial charge in [0.05, 0.1) is 0 Å². The van der Waals surface area contributed by atoms with E-state index in [4.69, 9.17) is 12.2 Å². The topological polar surface area (TPSA) is 59.5 Å². The molecule has 0 amide bonds. The maximum absolute atomic E-state index is 12.4. The lowest BCUT2D eigenvalue weighted by molar-refractivity contribution is 0.399. The summed E-state index contributed by atoms with van der Waals surface area (Å²) in [4.78, 5) is 16.7. The van der Waals surface area contributed by atoms with Crippen LogP contribution in [0.3, 0.4) is 0 Å². The zero-order chi connectivity index (χ0) is 16.8. The van der Waals surface area contributed by atoms with E-state index in [1.165, 1.54) is 16.3 Å². The van der Waals surface area contributed by atoms with Gasteiger partial charge in [0.25, 0.3) is 5.56 Å². The summed E-state index contributed by atoms with van der Waals surface area (Å²) >= 11 is 5.25. The van der Waals surface area contributed by atoms with E-state index < -0.39 is 0 Å². The molecule has 0 aliphatic carbocycles. The monoisotopic (exact) mass is 331 g/mol. The summed E-state index contributed by atoms with van der Waals surface area (Å²) in [7, 11) is 0. The second-order valence-corrected chi connectivity index (χ2v) is 5.45. The average Bonchev–Trinajstić information content (AvgIpc) is 2.56. The van der Waals surface area contributed by atoms with Crippen molar-refractivity contribution in [3.8, 4) is 5.88 Å². The van der Waals surface area contributed by atoms with Gasteiger partial charge in [-0.2, -0.15) is 0 Å². The quantitative estimate of drug-likeness (QED) is 0.654. The molecule has 1 heterocycles. The fraction of sp³-hybridized carbons (Fsp3) is 0.353. The smallest absolute Gasteiger partial charge is 0.267 e. The normalized spacial score (nSPS) is 11.2. The van der Waals surface area contributed by atoms with Gasteiger partial charge in [0.1, 0.15) is 5.56 Å².